The summed E-state index contributed by atoms with van der Waals surface area (Å²) in [6, 6.07) is 6.30. The molecule has 0 aliphatic carbocycles. The minimum Gasteiger partial charge on any atom is -0.480 e. The summed E-state index contributed by atoms with van der Waals surface area (Å²) in [5.41, 5.74) is 0.315. The van der Waals surface area contributed by atoms with Crippen LogP contribution in [0.25, 0.3) is 0 Å². The van der Waals surface area contributed by atoms with E-state index in [-0.39, 0.29) is 6.42 Å². The molecule has 8 nitrogen and oxygen atoms in total. The predicted octanol–water partition coefficient (Wildman–Crippen LogP) is 1.91. The van der Waals surface area contributed by atoms with Gasteiger partial charge in [-0.25, -0.2) is 4.79 Å². The summed E-state index contributed by atoms with van der Waals surface area (Å²) in [5, 5.41) is 11.2. The Labute approximate surface area is 158 Å². The number of carbonyl (C=O) groups excluding carboxylic acids is 2. The summed E-state index contributed by atoms with van der Waals surface area (Å²) in [6.07, 6.45) is 3.54. The molecule has 0 aromatic heterocycles. The van der Waals surface area contributed by atoms with Crippen LogP contribution in [0.5, 0.6) is 0 Å². The maximum absolute atomic E-state index is 12.7. The number of amides is 1. The van der Waals surface area contributed by atoms with Gasteiger partial charge in [-0.15, -0.1) is 0 Å². The van der Waals surface area contributed by atoms with Crippen LogP contribution in [-0.4, -0.2) is 47.5 Å². The van der Waals surface area contributed by atoms with Crippen LogP contribution >= 0.6 is 0 Å². The Hall–Kier alpha value is -2.26. The van der Waals surface area contributed by atoms with Crippen molar-refractivity contribution >= 4 is 27.8 Å². The molecule has 0 aliphatic heterocycles. The second-order valence-corrected chi connectivity index (χ2v) is 7.78. The molecule has 1 aromatic carbocycles. The Morgan fingerprint density at radius 2 is 1.70 bits per heavy atom. The highest BCUT2D eigenvalue weighted by Gasteiger charge is 2.32. The van der Waals surface area contributed by atoms with Crippen molar-refractivity contribution in [3.05, 3.63) is 35.9 Å². The molecule has 0 fully saturated rings. The van der Waals surface area contributed by atoms with Gasteiger partial charge in [0, 0.05) is 5.56 Å². The Bertz CT molecular complexity index is 746. The van der Waals surface area contributed by atoms with Crippen molar-refractivity contribution in [2.75, 3.05) is 5.75 Å². The Kier molecular flexibility index (Phi) is 9.10. The number of carbonyl (C=O) groups is 3. The molecule has 1 aromatic rings. The number of hydrogen-bond acceptors (Lipinski definition) is 5. The van der Waals surface area contributed by atoms with Crippen LogP contribution in [0.3, 0.4) is 0 Å². The highest BCUT2D eigenvalue weighted by atomic mass is 32.2. The lowest BCUT2D eigenvalue weighted by Gasteiger charge is -2.19. The van der Waals surface area contributed by atoms with E-state index in [1.165, 1.54) is 0 Å². The molecule has 2 unspecified atom stereocenters. The first-order valence-electron chi connectivity index (χ1n) is 8.73. The maximum atomic E-state index is 12.7. The minimum absolute atomic E-state index is 0.220. The van der Waals surface area contributed by atoms with E-state index in [9.17, 15) is 22.8 Å². The smallest absolute Gasteiger partial charge is 0.327 e. The molecule has 0 radical (unpaired) electrons. The zero-order chi connectivity index (χ0) is 20.4. The number of carboxylic acid groups (broad SMARTS) is 1. The zero-order valence-corrected chi connectivity index (χ0v) is 15.9. The number of hydrogen-bond donors (Lipinski definition) is 3. The van der Waals surface area contributed by atoms with Gasteiger partial charge in [0.05, 0.1) is 0 Å². The molecular formula is C18H25NO7S. The first-order valence-corrected chi connectivity index (χ1v) is 10.3. The fourth-order valence-corrected chi connectivity index (χ4v) is 3.26. The van der Waals surface area contributed by atoms with Gasteiger partial charge in [-0.3, -0.25) is 14.1 Å². The highest BCUT2D eigenvalue weighted by Crippen LogP contribution is 2.17. The third-order valence-corrected chi connectivity index (χ3v) is 4.78. The summed E-state index contributed by atoms with van der Waals surface area (Å²) >= 11 is 0. The number of unbranched alkanes of at least 4 members (excludes halogenated alkanes) is 3. The van der Waals surface area contributed by atoms with Gasteiger partial charge in [0.25, 0.3) is 10.1 Å². The predicted molar refractivity (Wildman–Crippen MR) is 99.0 cm³/mol. The summed E-state index contributed by atoms with van der Waals surface area (Å²) in [6.45, 7) is 2.02. The maximum Gasteiger partial charge on any atom is 0.327 e. The number of aliphatic carboxylic acids is 1. The molecule has 1 rings (SSSR count). The summed E-state index contributed by atoms with van der Waals surface area (Å²) < 4.78 is 30.8. The summed E-state index contributed by atoms with van der Waals surface area (Å²) in [4.78, 5) is 36.5. The monoisotopic (exact) mass is 399 g/mol. The van der Waals surface area contributed by atoms with E-state index in [4.69, 9.17) is 9.66 Å². The van der Waals surface area contributed by atoms with Crippen molar-refractivity contribution in [1.82, 2.24) is 5.32 Å². The first-order chi connectivity index (χ1) is 12.7. The van der Waals surface area contributed by atoms with E-state index in [1.54, 1.807) is 30.3 Å². The lowest BCUT2D eigenvalue weighted by Crippen LogP contribution is -2.48. The second kappa shape index (κ2) is 10.8. The Balaban J connectivity index is 2.96. The number of carboxylic acids is 1. The molecule has 2 atom stereocenters. The first kappa shape index (κ1) is 22.8. The zero-order valence-electron chi connectivity index (χ0n) is 15.1. The van der Waals surface area contributed by atoms with E-state index < -0.39 is 45.5 Å². The molecule has 0 bridgehead atoms. The Morgan fingerprint density at radius 1 is 1.07 bits per heavy atom. The van der Waals surface area contributed by atoms with E-state index in [0.717, 1.165) is 19.3 Å². The normalized spacial score (nSPS) is 13.6. The number of nitrogens with one attached hydrogen (secondary N) is 1. The van der Waals surface area contributed by atoms with Crippen LogP contribution in [-0.2, 0) is 19.7 Å². The fourth-order valence-electron chi connectivity index (χ4n) is 2.62. The van der Waals surface area contributed by atoms with Crippen molar-refractivity contribution in [3.8, 4) is 0 Å². The molecule has 1 amide bonds. The van der Waals surface area contributed by atoms with Crippen molar-refractivity contribution in [2.24, 2.45) is 5.92 Å². The molecule has 150 valence electrons. The quantitative estimate of drug-likeness (QED) is 0.211. The van der Waals surface area contributed by atoms with E-state index in [2.05, 4.69) is 5.32 Å². The lowest BCUT2D eigenvalue weighted by atomic mass is 9.91. The third-order valence-electron chi connectivity index (χ3n) is 4.03. The minimum atomic E-state index is -4.62. The number of Topliss-reactive ketones (excluding diaryl/α,β-unsaturated/α-hetero) is 1. The highest BCUT2D eigenvalue weighted by molar-refractivity contribution is 7.85. The van der Waals surface area contributed by atoms with Crippen molar-refractivity contribution in [2.45, 2.75) is 45.1 Å². The van der Waals surface area contributed by atoms with Crippen LogP contribution in [0.2, 0.25) is 0 Å². The Morgan fingerprint density at radius 3 is 2.22 bits per heavy atom. The molecule has 0 saturated carbocycles. The summed E-state index contributed by atoms with van der Waals surface area (Å²) in [7, 11) is -4.62. The molecule has 0 aliphatic rings. The lowest BCUT2D eigenvalue weighted by molar-refractivity contribution is -0.141. The number of rotatable bonds is 12. The van der Waals surface area contributed by atoms with Gasteiger partial charge in [-0.1, -0.05) is 62.9 Å². The van der Waals surface area contributed by atoms with Gasteiger partial charge < -0.3 is 10.4 Å². The average Bonchev–Trinajstić information content (AvgIpc) is 2.60. The number of ketones is 1. The van der Waals surface area contributed by atoms with Gasteiger partial charge >= 0.3 is 5.97 Å². The third kappa shape index (κ3) is 8.31. The molecule has 0 spiro atoms. The van der Waals surface area contributed by atoms with Gasteiger partial charge in [0.1, 0.15) is 17.7 Å². The van der Waals surface area contributed by atoms with E-state index >= 15 is 0 Å². The van der Waals surface area contributed by atoms with Gasteiger partial charge in [0.15, 0.2) is 5.78 Å². The standard InChI is InChI=1S/C18H25NO7S/c1-2-3-4-8-11-14(16(20)13-9-6-5-7-10-13)17(21)19-15(18(22)23)12-27(24,25)26/h5-7,9-10,14-15H,2-4,8,11-12H2,1H3,(H,19,21)(H,22,23)(H,24,25,26). The number of benzene rings is 1. The largest absolute Gasteiger partial charge is 0.480 e. The van der Waals surface area contributed by atoms with Crippen LogP contribution in [0, 0.1) is 5.92 Å². The van der Waals surface area contributed by atoms with Gasteiger partial charge in [-0.2, -0.15) is 8.42 Å². The van der Waals surface area contributed by atoms with Crippen molar-refractivity contribution in [3.63, 3.8) is 0 Å². The molecule has 9 heteroatoms. The van der Waals surface area contributed by atoms with Gasteiger partial charge in [-0.05, 0) is 6.42 Å². The fraction of sp³-hybridized carbons (Fsp3) is 0.500. The van der Waals surface area contributed by atoms with Crippen molar-refractivity contribution in [1.29, 1.82) is 0 Å². The SMILES string of the molecule is CCCCCCC(C(=O)NC(CS(=O)(=O)O)C(=O)O)C(=O)c1ccccc1. The second-order valence-electron chi connectivity index (χ2n) is 6.28. The topological polar surface area (TPSA) is 138 Å². The summed E-state index contributed by atoms with van der Waals surface area (Å²) in [5.74, 6) is -5.24. The van der Waals surface area contributed by atoms with E-state index in [0.29, 0.717) is 12.0 Å². The van der Waals surface area contributed by atoms with Crippen LogP contribution in [0.4, 0.5) is 0 Å². The average molecular weight is 399 g/mol. The molecule has 3 N–H and O–H groups in total. The van der Waals surface area contributed by atoms with Crippen LogP contribution in [0.15, 0.2) is 30.3 Å². The van der Waals surface area contributed by atoms with E-state index in [1.807, 2.05) is 6.92 Å². The molecule has 27 heavy (non-hydrogen) atoms. The molecule has 0 saturated heterocycles. The molecule has 0 heterocycles. The van der Waals surface area contributed by atoms with Crippen LogP contribution < -0.4 is 5.32 Å². The van der Waals surface area contributed by atoms with Crippen LogP contribution in [0.1, 0.15) is 49.4 Å². The van der Waals surface area contributed by atoms with Crippen molar-refractivity contribution < 1.29 is 32.5 Å². The molecular weight excluding hydrogens is 374 g/mol. The van der Waals surface area contributed by atoms with Gasteiger partial charge in [0.2, 0.25) is 5.91 Å².